The number of aromatic nitrogens is 1. The first-order valence-electron chi connectivity index (χ1n) is 5.82. The van der Waals surface area contributed by atoms with Crippen LogP contribution in [-0.2, 0) is 16.6 Å². The van der Waals surface area contributed by atoms with Gasteiger partial charge in [-0.1, -0.05) is 6.07 Å². The Morgan fingerprint density at radius 1 is 1.33 bits per heavy atom. The quantitative estimate of drug-likeness (QED) is 0.482. The minimum atomic E-state index is -3.87. The van der Waals surface area contributed by atoms with Crippen LogP contribution in [0.25, 0.3) is 0 Å². The van der Waals surface area contributed by atoms with Gasteiger partial charge in [-0.05, 0) is 23.8 Å². The van der Waals surface area contributed by atoms with E-state index in [1.54, 1.807) is 18.3 Å². The second kappa shape index (κ2) is 5.85. The Labute approximate surface area is 120 Å². The van der Waals surface area contributed by atoms with Crippen LogP contribution in [0, 0.1) is 10.1 Å². The van der Waals surface area contributed by atoms with Gasteiger partial charge in [-0.15, -0.1) is 0 Å². The van der Waals surface area contributed by atoms with Crippen LogP contribution in [0.15, 0.2) is 47.6 Å². The van der Waals surface area contributed by atoms with Crippen molar-refractivity contribution in [3.63, 3.8) is 0 Å². The molecule has 3 N–H and O–H groups in total. The monoisotopic (exact) mass is 308 g/mol. The van der Waals surface area contributed by atoms with Gasteiger partial charge in [0.05, 0.1) is 9.82 Å². The van der Waals surface area contributed by atoms with Crippen molar-refractivity contribution in [2.75, 3.05) is 5.73 Å². The molecule has 2 rings (SSSR count). The minimum Gasteiger partial charge on any atom is -0.393 e. The van der Waals surface area contributed by atoms with E-state index < -0.39 is 20.6 Å². The Morgan fingerprint density at radius 2 is 2.10 bits per heavy atom. The molecule has 0 aliphatic heterocycles. The highest BCUT2D eigenvalue weighted by Crippen LogP contribution is 2.24. The molecule has 0 amide bonds. The summed E-state index contributed by atoms with van der Waals surface area (Å²) in [6, 6.07) is 6.73. The molecule has 0 unspecified atom stereocenters. The van der Waals surface area contributed by atoms with E-state index in [1.165, 1.54) is 18.3 Å². The molecule has 9 heteroatoms. The van der Waals surface area contributed by atoms with Gasteiger partial charge in [0.2, 0.25) is 10.0 Å². The number of nitrogens with two attached hydrogens (primary N) is 1. The van der Waals surface area contributed by atoms with Gasteiger partial charge in [-0.3, -0.25) is 15.1 Å². The van der Waals surface area contributed by atoms with E-state index in [-0.39, 0.29) is 17.1 Å². The van der Waals surface area contributed by atoms with E-state index >= 15 is 0 Å². The lowest BCUT2D eigenvalue weighted by atomic mass is 10.3. The number of nitrogen functional groups attached to an aromatic ring is 1. The fraction of sp³-hybridized carbons (Fsp3) is 0.0833. The molecule has 0 aliphatic carbocycles. The van der Waals surface area contributed by atoms with Gasteiger partial charge in [0.15, 0.2) is 0 Å². The first-order chi connectivity index (χ1) is 9.90. The summed E-state index contributed by atoms with van der Waals surface area (Å²) in [6.07, 6.45) is 3.09. The van der Waals surface area contributed by atoms with Crippen molar-refractivity contribution < 1.29 is 13.3 Å². The predicted molar refractivity (Wildman–Crippen MR) is 75.8 cm³/mol. The molecule has 2 aromatic rings. The molecule has 1 aromatic heterocycles. The number of hydrogen-bond acceptors (Lipinski definition) is 6. The molecule has 0 saturated carbocycles. The molecule has 0 atom stereocenters. The van der Waals surface area contributed by atoms with Crippen molar-refractivity contribution in [1.29, 1.82) is 0 Å². The first kappa shape index (κ1) is 14.9. The zero-order valence-corrected chi connectivity index (χ0v) is 11.6. The maximum Gasteiger partial charge on any atom is 0.293 e. The van der Waals surface area contributed by atoms with Crippen LogP contribution in [0.2, 0.25) is 0 Å². The van der Waals surface area contributed by atoms with Crippen LogP contribution in [0.3, 0.4) is 0 Å². The van der Waals surface area contributed by atoms with E-state index in [1.807, 2.05) is 0 Å². The highest BCUT2D eigenvalue weighted by atomic mass is 32.2. The molecule has 1 heterocycles. The average molecular weight is 308 g/mol. The number of nitrogens with zero attached hydrogens (tertiary/aromatic N) is 2. The molecule has 0 bridgehead atoms. The van der Waals surface area contributed by atoms with Gasteiger partial charge in [0, 0.05) is 25.0 Å². The SMILES string of the molecule is Nc1ccc(S(=O)(=O)NCc2cccnc2)cc1[N+](=O)[O-]. The number of sulfonamides is 1. The van der Waals surface area contributed by atoms with Gasteiger partial charge < -0.3 is 5.73 Å². The molecule has 21 heavy (non-hydrogen) atoms. The van der Waals surface area contributed by atoms with Crippen molar-refractivity contribution in [2.45, 2.75) is 11.4 Å². The predicted octanol–water partition coefficient (Wildman–Crippen LogP) is 1.05. The standard InChI is InChI=1S/C12H12N4O4S/c13-11-4-3-10(6-12(11)16(17)18)21(19,20)15-8-9-2-1-5-14-7-9/h1-7,15H,8,13H2. The lowest BCUT2D eigenvalue weighted by molar-refractivity contribution is -0.384. The summed E-state index contributed by atoms with van der Waals surface area (Å²) in [5, 5.41) is 10.8. The minimum absolute atomic E-state index is 0.0361. The second-order valence-electron chi connectivity index (χ2n) is 4.16. The summed E-state index contributed by atoms with van der Waals surface area (Å²) in [5.41, 5.74) is 5.57. The lowest BCUT2D eigenvalue weighted by Gasteiger charge is -2.07. The lowest BCUT2D eigenvalue weighted by Crippen LogP contribution is -2.23. The zero-order chi connectivity index (χ0) is 15.5. The molecular formula is C12H12N4O4S. The number of rotatable bonds is 5. The Kier molecular flexibility index (Phi) is 4.15. The summed E-state index contributed by atoms with van der Waals surface area (Å²) in [7, 11) is -3.87. The highest BCUT2D eigenvalue weighted by Gasteiger charge is 2.19. The largest absolute Gasteiger partial charge is 0.393 e. The van der Waals surface area contributed by atoms with Crippen molar-refractivity contribution in [3.8, 4) is 0 Å². The third-order valence-corrected chi connectivity index (χ3v) is 4.10. The smallest absolute Gasteiger partial charge is 0.293 e. The van der Waals surface area contributed by atoms with Gasteiger partial charge in [0.25, 0.3) is 5.69 Å². The molecule has 0 saturated heterocycles. The Balaban J connectivity index is 2.24. The maximum absolute atomic E-state index is 12.1. The summed E-state index contributed by atoms with van der Waals surface area (Å²) in [6.45, 7) is 0.0361. The number of pyridine rings is 1. The third-order valence-electron chi connectivity index (χ3n) is 2.70. The summed E-state index contributed by atoms with van der Waals surface area (Å²) < 4.78 is 26.5. The number of benzene rings is 1. The maximum atomic E-state index is 12.1. The normalized spacial score (nSPS) is 11.2. The zero-order valence-electron chi connectivity index (χ0n) is 10.8. The van der Waals surface area contributed by atoms with Crippen LogP contribution in [-0.4, -0.2) is 18.3 Å². The van der Waals surface area contributed by atoms with Crippen LogP contribution < -0.4 is 10.5 Å². The van der Waals surface area contributed by atoms with Crippen LogP contribution in [0.4, 0.5) is 11.4 Å². The molecule has 1 aromatic carbocycles. The van der Waals surface area contributed by atoms with Crippen LogP contribution >= 0.6 is 0 Å². The molecule has 0 spiro atoms. The number of hydrogen-bond donors (Lipinski definition) is 2. The van der Waals surface area contributed by atoms with E-state index in [9.17, 15) is 18.5 Å². The topological polar surface area (TPSA) is 128 Å². The summed E-state index contributed by atoms with van der Waals surface area (Å²) >= 11 is 0. The fourth-order valence-electron chi connectivity index (χ4n) is 1.61. The van der Waals surface area contributed by atoms with E-state index in [0.29, 0.717) is 5.56 Å². The number of anilines is 1. The van der Waals surface area contributed by atoms with Crippen LogP contribution in [0.5, 0.6) is 0 Å². The Morgan fingerprint density at radius 3 is 2.71 bits per heavy atom. The average Bonchev–Trinajstić information content (AvgIpc) is 2.46. The first-order valence-corrected chi connectivity index (χ1v) is 7.31. The van der Waals surface area contributed by atoms with Crippen molar-refractivity contribution >= 4 is 21.4 Å². The van der Waals surface area contributed by atoms with Crippen molar-refractivity contribution in [3.05, 3.63) is 58.4 Å². The number of nitro benzene ring substituents is 1. The van der Waals surface area contributed by atoms with Gasteiger partial charge in [-0.2, -0.15) is 0 Å². The molecule has 0 radical (unpaired) electrons. The third kappa shape index (κ3) is 3.52. The van der Waals surface area contributed by atoms with E-state index in [0.717, 1.165) is 6.07 Å². The molecule has 110 valence electrons. The Hall–Kier alpha value is -2.52. The molecule has 0 aliphatic rings. The second-order valence-corrected chi connectivity index (χ2v) is 5.93. The summed E-state index contributed by atoms with van der Waals surface area (Å²) in [4.78, 5) is 13.7. The van der Waals surface area contributed by atoms with Gasteiger partial charge in [0.1, 0.15) is 5.69 Å². The molecule has 0 fully saturated rings. The fourth-order valence-corrected chi connectivity index (χ4v) is 2.65. The van der Waals surface area contributed by atoms with E-state index in [4.69, 9.17) is 5.73 Å². The van der Waals surface area contributed by atoms with Crippen molar-refractivity contribution in [2.24, 2.45) is 0 Å². The Bertz CT molecular complexity index is 762. The highest BCUT2D eigenvalue weighted by molar-refractivity contribution is 7.89. The van der Waals surface area contributed by atoms with Crippen LogP contribution in [0.1, 0.15) is 5.56 Å². The molecule has 8 nitrogen and oxygen atoms in total. The van der Waals surface area contributed by atoms with Crippen molar-refractivity contribution in [1.82, 2.24) is 9.71 Å². The number of nitrogens with one attached hydrogen (secondary N) is 1. The number of nitro groups is 1. The van der Waals surface area contributed by atoms with E-state index in [2.05, 4.69) is 9.71 Å². The van der Waals surface area contributed by atoms with Gasteiger partial charge >= 0.3 is 0 Å². The van der Waals surface area contributed by atoms with Gasteiger partial charge in [-0.25, -0.2) is 13.1 Å². The molecular weight excluding hydrogens is 296 g/mol. The summed E-state index contributed by atoms with van der Waals surface area (Å²) in [5.74, 6) is 0.